The number of rotatable bonds is 8. The van der Waals surface area contributed by atoms with Crippen LogP contribution >= 0.6 is 0 Å². The van der Waals surface area contributed by atoms with E-state index in [0.717, 1.165) is 57.1 Å². The number of carbonyl (C=O) groups is 1. The van der Waals surface area contributed by atoms with Gasteiger partial charge < -0.3 is 25.0 Å². The van der Waals surface area contributed by atoms with Gasteiger partial charge in [-0.1, -0.05) is 12.1 Å². The van der Waals surface area contributed by atoms with Crippen molar-refractivity contribution in [3.63, 3.8) is 0 Å². The molecule has 1 heterocycles. The SMILES string of the molecule is CN=C(NCc1ccc(C(=O)NC)cc1)N1CCC(OCCCOC)CC1. The van der Waals surface area contributed by atoms with Crippen molar-refractivity contribution in [3.05, 3.63) is 35.4 Å². The van der Waals surface area contributed by atoms with Crippen molar-refractivity contribution in [3.8, 4) is 0 Å². The van der Waals surface area contributed by atoms with Gasteiger partial charge in [-0.05, 0) is 37.0 Å². The van der Waals surface area contributed by atoms with E-state index < -0.39 is 0 Å². The first-order valence-electron chi connectivity index (χ1n) is 9.55. The highest BCUT2D eigenvalue weighted by atomic mass is 16.5. The molecule has 0 spiro atoms. The summed E-state index contributed by atoms with van der Waals surface area (Å²) in [5, 5.41) is 6.04. The zero-order valence-corrected chi connectivity index (χ0v) is 16.7. The number of likely N-dealkylation sites (tertiary alicyclic amines) is 1. The highest BCUT2D eigenvalue weighted by Crippen LogP contribution is 2.14. The number of ether oxygens (including phenoxy) is 2. The number of piperidine rings is 1. The van der Waals surface area contributed by atoms with Crippen molar-refractivity contribution in [2.75, 3.05) is 47.5 Å². The van der Waals surface area contributed by atoms with Gasteiger partial charge in [0.2, 0.25) is 0 Å². The Morgan fingerprint density at radius 2 is 1.93 bits per heavy atom. The van der Waals surface area contributed by atoms with Crippen LogP contribution in [0, 0.1) is 0 Å². The summed E-state index contributed by atoms with van der Waals surface area (Å²) in [6.45, 7) is 4.06. The molecule has 1 aromatic carbocycles. The average molecular weight is 377 g/mol. The van der Waals surface area contributed by atoms with Crippen molar-refractivity contribution < 1.29 is 14.3 Å². The fraction of sp³-hybridized carbons (Fsp3) is 0.600. The van der Waals surface area contributed by atoms with Gasteiger partial charge >= 0.3 is 0 Å². The lowest BCUT2D eigenvalue weighted by molar-refractivity contribution is 0.00989. The Kier molecular flexibility index (Phi) is 9.07. The fourth-order valence-electron chi connectivity index (χ4n) is 3.12. The second kappa shape index (κ2) is 11.6. The van der Waals surface area contributed by atoms with Crippen LogP contribution in [0.1, 0.15) is 35.2 Å². The minimum Gasteiger partial charge on any atom is -0.385 e. The zero-order chi connectivity index (χ0) is 19.5. The van der Waals surface area contributed by atoms with Crippen LogP contribution in [-0.2, 0) is 16.0 Å². The van der Waals surface area contributed by atoms with Gasteiger partial charge in [-0.2, -0.15) is 0 Å². The number of hydrogen-bond acceptors (Lipinski definition) is 4. The first kappa shape index (κ1) is 21.2. The van der Waals surface area contributed by atoms with E-state index in [1.165, 1.54) is 0 Å². The Hall–Kier alpha value is -2.12. The molecule has 1 amide bonds. The molecule has 0 aromatic heterocycles. The molecule has 7 heteroatoms. The van der Waals surface area contributed by atoms with Gasteiger partial charge in [-0.15, -0.1) is 0 Å². The van der Waals surface area contributed by atoms with Crippen molar-refractivity contribution >= 4 is 11.9 Å². The van der Waals surface area contributed by atoms with Gasteiger partial charge in [-0.25, -0.2) is 0 Å². The Labute approximate surface area is 162 Å². The number of amides is 1. The maximum Gasteiger partial charge on any atom is 0.251 e. The maximum atomic E-state index is 11.6. The molecule has 1 fully saturated rings. The number of guanidine groups is 1. The summed E-state index contributed by atoms with van der Waals surface area (Å²) in [6.07, 6.45) is 3.29. The molecule has 0 saturated carbocycles. The molecule has 0 unspecified atom stereocenters. The summed E-state index contributed by atoms with van der Waals surface area (Å²) in [6, 6.07) is 7.60. The van der Waals surface area contributed by atoms with Gasteiger partial charge in [0, 0.05) is 59.6 Å². The Morgan fingerprint density at radius 1 is 1.22 bits per heavy atom. The minimum absolute atomic E-state index is 0.0716. The summed E-state index contributed by atoms with van der Waals surface area (Å²) in [4.78, 5) is 18.3. The third-order valence-corrected chi connectivity index (χ3v) is 4.69. The first-order chi connectivity index (χ1) is 13.2. The van der Waals surface area contributed by atoms with Crippen molar-refractivity contribution in [1.29, 1.82) is 0 Å². The molecule has 0 atom stereocenters. The average Bonchev–Trinajstić information content (AvgIpc) is 2.72. The van der Waals surface area contributed by atoms with E-state index in [-0.39, 0.29) is 5.91 Å². The number of nitrogens with one attached hydrogen (secondary N) is 2. The van der Waals surface area contributed by atoms with Crippen LogP contribution < -0.4 is 10.6 Å². The fourth-order valence-corrected chi connectivity index (χ4v) is 3.12. The number of aliphatic imine (C=N–C) groups is 1. The third-order valence-electron chi connectivity index (χ3n) is 4.69. The quantitative estimate of drug-likeness (QED) is 0.410. The summed E-state index contributed by atoms with van der Waals surface area (Å²) in [7, 11) is 5.16. The zero-order valence-electron chi connectivity index (χ0n) is 16.7. The summed E-state index contributed by atoms with van der Waals surface area (Å²) >= 11 is 0. The van der Waals surface area contributed by atoms with Gasteiger partial charge in [0.05, 0.1) is 6.10 Å². The van der Waals surface area contributed by atoms with E-state index in [1.807, 2.05) is 31.3 Å². The van der Waals surface area contributed by atoms with Gasteiger partial charge in [0.15, 0.2) is 5.96 Å². The molecule has 150 valence electrons. The molecule has 27 heavy (non-hydrogen) atoms. The summed E-state index contributed by atoms with van der Waals surface area (Å²) < 4.78 is 11.0. The van der Waals surface area contributed by atoms with Gasteiger partial charge in [0.25, 0.3) is 5.91 Å². The van der Waals surface area contributed by atoms with E-state index in [0.29, 0.717) is 18.2 Å². The number of carbonyl (C=O) groups excluding carboxylic acids is 1. The number of hydrogen-bond donors (Lipinski definition) is 2. The summed E-state index contributed by atoms with van der Waals surface area (Å²) in [5.41, 5.74) is 1.78. The normalized spacial score (nSPS) is 15.7. The van der Waals surface area contributed by atoms with Crippen LogP contribution in [-0.4, -0.2) is 70.4 Å². The third kappa shape index (κ3) is 6.84. The monoisotopic (exact) mass is 376 g/mol. The number of nitrogens with zero attached hydrogens (tertiary/aromatic N) is 2. The Bertz CT molecular complexity index is 596. The van der Waals surface area contributed by atoms with E-state index >= 15 is 0 Å². The molecular formula is C20H32N4O3. The molecule has 1 aliphatic heterocycles. The Balaban J connectivity index is 1.75. The Morgan fingerprint density at radius 3 is 2.52 bits per heavy atom. The molecular weight excluding hydrogens is 344 g/mol. The topological polar surface area (TPSA) is 75.2 Å². The molecule has 0 bridgehead atoms. The van der Waals surface area contributed by atoms with Crippen molar-refractivity contribution in [1.82, 2.24) is 15.5 Å². The lowest BCUT2D eigenvalue weighted by Gasteiger charge is -2.34. The van der Waals surface area contributed by atoms with Crippen LogP contribution in [0.5, 0.6) is 0 Å². The maximum absolute atomic E-state index is 11.6. The second-order valence-corrected chi connectivity index (χ2v) is 6.58. The van der Waals surface area contributed by atoms with Crippen LogP contribution in [0.4, 0.5) is 0 Å². The molecule has 2 N–H and O–H groups in total. The molecule has 1 saturated heterocycles. The van der Waals surface area contributed by atoms with Crippen LogP contribution in [0.25, 0.3) is 0 Å². The van der Waals surface area contributed by atoms with E-state index in [2.05, 4.69) is 20.5 Å². The van der Waals surface area contributed by atoms with E-state index in [4.69, 9.17) is 9.47 Å². The van der Waals surface area contributed by atoms with Crippen molar-refractivity contribution in [2.45, 2.75) is 31.9 Å². The highest BCUT2D eigenvalue weighted by Gasteiger charge is 2.21. The molecule has 7 nitrogen and oxygen atoms in total. The largest absolute Gasteiger partial charge is 0.385 e. The molecule has 1 aromatic rings. The number of methoxy groups -OCH3 is 1. The van der Waals surface area contributed by atoms with Crippen LogP contribution in [0.2, 0.25) is 0 Å². The van der Waals surface area contributed by atoms with Gasteiger partial charge in [-0.3, -0.25) is 9.79 Å². The predicted octanol–water partition coefficient (Wildman–Crippen LogP) is 1.64. The summed E-state index contributed by atoms with van der Waals surface area (Å²) in [5.74, 6) is 0.834. The highest BCUT2D eigenvalue weighted by molar-refractivity contribution is 5.93. The molecule has 1 aliphatic rings. The molecule has 2 rings (SSSR count). The smallest absolute Gasteiger partial charge is 0.251 e. The standard InChI is InChI=1S/C20H32N4O3/c1-21-19(25)17-7-5-16(6-8-17)15-23-20(22-2)24-11-9-18(10-12-24)27-14-4-13-26-3/h5-8,18H,4,9-15H2,1-3H3,(H,21,25)(H,22,23). The van der Waals surface area contributed by atoms with E-state index in [1.54, 1.807) is 14.2 Å². The molecule has 0 radical (unpaired) electrons. The second-order valence-electron chi connectivity index (χ2n) is 6.58. The molecule has 0 aliphatic carbocycles. The van der Waals surface area contributed by atoms with Crippen LogP contribution in [0.3, 0.4) is 0 Å². The lowest BCUT2D eigenvalue weighted by Crippen LogP contribution is -2.46. The van der Waals surface area contributed by atoms with E-state index in [9.17, 15) is 4.79 Å². The van der Waals surface area contributed by atoms with Gasteiger partial charge in [0.1, 0.15) is 0 Å². The van der Waals surface area contributed by atoms with Crippen molar-refractivity contribution in [2.24, 2.45) is 4.99 Å². The first-order valence-corrected chi connectivity index (χ1v) is 9.55. The minimum atomic E-state index is -0.0716. The number of benzene rings is 1. The van der Waals surface area contributed by atoms with Crippen LogP contribution in [0.15, 0.2) is 29.3 Å². The lowest BCUT2D eigenvalue weighted by atomic mass is 10.1. The predicted molar refractivity (Wildman–Crippen MR) is 107 cm³/mol.